The molecule has 1 aliphatic rings. The first-order valence-corrected chi connectivity index (χ1v) is 11.3. The van der Waals surface area contributed by atoms with E-state index in [1.165, 1.54) is 0 Å². The number of piperidine rings is 1. The number of amides is 1. The van der Waals surface area contributed by atoms with Crippen molar-refractivity contribution in [3.63, 3.8) is 0 Å². The van der Waals surface area contributed by atoms with Gasteiger partial charge < -0.3 is 14.6 Å². The largest absolute Gasteiger partial charge is 0.377 e. The van der Waals surface area contributed by atoms with E-state index in [1.807, 2.05) is 47.4 Å². The van der Waals surface area contributed by atoms with E-state index < -0.39 is 0 Å². The molecule has 0 spiro atoms. The zero-order valence-electron chi connectivity index (χ0n) is 19.3. The Hall–Kier alpha value is -3.50. The van der Waals surface area contributed by atoms with Gasteiger partial charge in [0.25, 0.3) is 5.91 Å². The zero-order chi connectivity index (χ0) is 23.4. The molecule has 3 aromatic rings. The first-order chi connectivity index (χ1) is 16.0. The number of nitriles is 1. The minimum Gasteiger partial charge on any atom is -0.377 e. The second-order valence-electron chi connectivity index (χ2n) is 8.78. The van der Waals surface area contributed by atoms with Crippen LogP contribution in [0.25, 0.3) is 11.4 Å². The highest BCUT2D eigenvalue weighted by Crippen LogP contribution is 2.32. The maximum atomic E-state index is 13.3. The van der Waals surface area contributed by atoms with Crippen LogP contribution in [0.3, 0.4) is 0 Å². The normalized spacial score (nSPS) is 14.5. The Morgan fingerprint density at radius 1 is 1.21 bits per heavy atom. The van der Waals surface area contributed by atoms with Crippen LogP contribution >= 0.6 is 0 Å². The predicted molar refractivity (Wildman–Crippen MR) is 126 cm³/mol. The van der Waals surface area contributed by atoms with Gasteiger partial charge in [-0.2, -0.15) is 5.26 Å². The van der Waals surface area contributed by atoms with Crippen LogP contribution in [-0.4, -0.2) is 46.2 Å². The fourth-order valence-corrected chi connectivity index (χ4v) is 4.55. The molecule has 1 fully saturated rings. The van der Waals surface area contributed by atoms with Crippen molar-refractivity contribution >= 4 is 5.91 Å². The number of ether oxygens (including phenoxy) is 1. The topological polar surface area (TPSA) is 94.9 Å². The molecule has 1 amide bonds. The van der Waals surface area contributed by atoms with E-state index in [0.29, 0.717) is 42.8 Å². The molecule has 170 valence electrons. The molecule has 7 nitrogen and oxygen atoms in total. The van der Waals surface area contributed by atoms with E-state index >= 15 is 0 Å². The maximum Gasteiger partial charge on any atom is 0.253 e. The summed E-state index contributed by atoms with van der Waals surface area (Å²) in [7, 11) is 1.61. The molecule has 4 rings (SSSR count). The number of methoxy groups -OCH3 is 1. The average molecular weight is 444 g/mol. The first-order valence-electron chi connectivity index (χ1n) is 11.3. The highest BCUT2D eigenvalue weighted by Gasteiger charge is 2.26. The molecular weight excluding hydrogens is 414 g/mol. The maximum absolute atomic E-state index is 13.3. The van der Waals surface area contributed by atoms with Gasteiger partial charge in [0.1, 0.15) is 6.61 Å². The molecule has 33 heavy (non-hydrogen) atoms. The van der Waals surface area contributed by atoms with E-state index in [-0.39, 0.29) is 11.8 Å². The molecule has 1 aromatic heterocycles. The van der Waals surface area contributed by atoms with Crippen molar-refractivity contribution in [1.82, 2.24) is 20.1 Å². The Labute approximate surface area is 194 Å². The number of carbonyl (C=O) groups excluding carboxylic acids is 1. The number of aromatic nitrogens is 3. The molecule has 7 heteroatoms. The highest BCUT2D eigenvalue weighted by atomic mass is 16.5. The van der Waals surface area contributed by atoms with Gasteiger partial charge >= 0.3 is 0 Å². The minimum atomic E-state index is 0.0233. The SMILES string of the molecule is COCc1nnc(-c2cc(C(=O)N3CCC(c4ccccc4C#N)CC3)ccc2C(C)C)[nH]1. The van der Waals surface area contributed by atoms with E-state index in [1.54, 1.807) is 7.11 Å². The van der Waals surface area contributed by atoms with Gasteiger partial charge in [0.05, 0.1) is 11.6 Å². The Morgan fingerprint density at radius 2 is 1.97 bits per heavy atom. The number of rotatable bonds is 6. The first kappa shape index (κ1) is 22.7. The van der Waals surface area contributed by atoms with Crippen LogP contribution in [0.2, 0.25) is 0 Å². The van der Waals surface area contributed by atoms with Crippen LogP contribution in [0.4, 0.5) is 0 Å². The molecule has 0 radical (unpaired) electrons. The van der Waals surface area contributed by atoms with Crippen molar-refractivity contribution in [2.45, 2.75) is 45.1 Å². The predicted octanol–water partition coefficient (Wildman–Crippen LogP) is 4.63. The van der Waals surface area contributed by atoms with Gasteiger partial charge in [0.2, 0.25) is 0 Å². The Bertz CT molecular complexity index is 1170. The van der Waals surface area contributed by atoms with Crippen molar-refractivity contribution in [3.05, 3.63) is 70.5 Å². The van der Waals surface area contributed by atoms with Gasteiger partial charge in [0, 0.05) is 31.3 Å². The summed E-state index contributed by atoms with van der Waals surface area (Å²) in [5, 5.41) is 17.9. The number of nitrogens with zero attached hydrogens (tertiary/aromatic N) is 4. The van der Waals surface area contributed by atoms with Gasteiger partial charge in [-0.3, -0.25) is 4.79 Å². The van der Waals surface area contributed by atoms with Crippen molar-refractivity contribution in [3.8, 4) is 17.5 Å². The third kappa shape index (κ3) is 4.81. The lowest BCUT2D eigenvalue weighted by atomic mass is 9.86. The number of carbonyl (C=O) groups is 1. The lowest BCUT2D eigenvalue weighted by molar-refractivity contribution is 0.0713. The summed E-state index contributed by atoms with van der Waals surface area (Å²) >= 11 is 0. The van der Waals surface area contributed by atoms with Crippen molar-refractivity contribution < 1.29 is 9.53 Å². The number of hydrogen-bond acceptors (Lipinski definition) is 5. The second kappa shape index (κ2) is 9.97. The molecule has 0 aliphatic carbocycles. The lowest BCUT2D eigenvalue weighted by Crippen LogP contribution is -2.38. The third-order valence-electron chi connectivity index (χ3n) is 6.30. The molecule has 0 unspecified atom stereocenters. The van der Waals surface area contributed by atoms with Gasteiger partial charge in [-0.1, -0.05) is 38.1 Å². The summed E-state index contributed by atoms with van der Waals surface area (Å²) in [5.41, 5.74) is 4.47. The van der Waals surface area contributed by atoms with Gasteiger partial charge in [-0.05, 0) is 54.0 Å². The molecule has 1 N–H and O–H groups in total. The van der Waals surface area contributed by atoms with Gasteiger partial charge in [0.15, 0.2) is 11.6 Å². The summed E-state index contributed by atoms with van der Waals surface area (Å²) in [6, 6.07) is 15.9. The van der Waals surface area contributed by atoms with Crippen LogP contribution in [0.1, 0.15) is 71.4 Å². The number of nitrogens with one attached hydrogen (secondary N) is 1. The number of aromatic amines is 1. The van der Waals surface area contributed by atoms with E-state index in [0.717, 1.165) is 35.1 Å². The molecule has 2 heterocycles. The Kier molecular flexibility index (Phi) is 6.85. The van der Waals surface area contributed by atoms with E-state index in [2.05, 4.69) is 35.1 Å². The minimum absolute atomic E-state index is 0.0233. The fourth-order valence-electron chi connectivity index (χ4n) is 4.55. The second-order valence-corrected chi connectivity index (χ2v) is 8.78. The van der Waals surface area contributed by atoms with Crippen LogP contribution in [-0.2, 0) is 11.3 Å². The van der Waals surface area contributed by atoms with Crippen molar-refractivity contribution in [2.75, 3.05) is 20.2 Å². The van der Waals surface area contributed by atoms with E-state index in [4.69, 9.17) is 4.74 Å². The average Bonchev–Trinajstić information content (AvgIpc) is 3.32. The molecular formula is C26H29N5O2. The summed E-state index contributed by atoms with van der Waals surface area (Å²) in [6.07, 6.45) is 1.70. The highest BCUT2D eigenvalue weighted by molar-refractivity contribution is 5.95. The molecule has 0 saturated carbocycles. The lowest BCUT2D eigenvalue weighted by Gasteiger charge is -2.32. The van der Waals surface area contributed by atoms with Gasteiger partial charge in [-0.15, -0.1) is 10.2 Å². The fraction of sp³-hybridized carbons (Fsp3) is 0.385. The third-order valence-corrected chi connectivity index (χ3v) is 6.30. The molecule has 1 saturated heterocycles. The van der Waals surface area contributed by atoms with Gasteiger partial charge in [-0.25, -0.2) is 0 Å². The summed E-state index contributed by atoms with van der Waals surface area (Å²) in [4.78, 5) is 18.5. The summed E-state index contributed by atoms with van der Waals surface area (Å²) in [5.74, 6) is 1.90. The molecule has 1 aliphatic heterocycles. The van der Waals surface area contributed by atoms with E-state index in [9.17, 15) is 10.1 Å². The van der Waals surface area contributed by atoms with Crippen LogP contribution in [0.5, 0.6) is 0 Å². The van der Waals surface area contributed by atoms with Crippen LogP contribution in [0.15, 0.2) is 42.5 Å². The molecule has 0 bridgehead atoms. The van der Waals surface area contributed by atoms with Crippen molar-refractivity contribution in [1.29, 1.82) is 5.26 Å². The smallest absolute Gasteiger partial charge is 0.253 e. The van der Waals surface area contributed by atoms with Crippen LogP contribution in [0, 0.1) is 11.3 Å². The molecule has 2 aromatic carbocycles. The van der Waals surface area contributed by atoms with Crippen LogP contribution < -0.4 is 0 Å². The van der Waals surface area contributed by atoms with Crippen molar-refractivity contribution in [2.24, 2.45) is 0 Å². The quantitative estimate of drug-likeness (QED) is 0.599. The Balaban J connectivity index is 1.53. The standard InChI is InChI=1S/C26H29N5O2/c1-17(2)21-9-8-19(14-23(21)25-28-24(16-33-3)29-30-25)26(32)31-12-10-18(11-13-31)22-7-5-4-6-20(22)15-27/h4-9,14,17-18H,10-13,16H2,1-3H3,(H,28,29,30). The molecule has 0 atom stereocenters. The zero-order valence-corrected chi connectivity index (χ0v) is 19.3. The summed E-state index contributed by atoms with van der Waals surface area (Å²) < 4.78 is 5.14. The number of hydrogen-bond donors (Lipinski definition) is 1. The summed E-state index contributed by atoms with van der Waals surface area (Å²) in [6.45, 7) is 5.94. The number of benzene rings is 2. The Morgan fingerprint density at radius 3 is 2.67 bits per heavy atom. The number of H-pyrrole nitrogens is 1. The number of likely N-dealkylation sites (tertiary alicyclic amines) is 1. The monoisotopic (exact) mass is 443 g/mol.